The molecule has 0 heterocycles. The molecule has 2 rings (SSSR count). The lowest BCUT2D eigenvalue weighted by molar-refractivity contribution is 0.0360. The molecule has 1 aromatic carbocycles. The van der Waals surface area contributed by atoms with Crippen LogP contribution >= 0.6 is 0 Å². The van der Waals surface area contributed by atoms with Gasteiger partial charge < -0.3 is 10.0 Å². The van der Waals surface area contributed by atoms with Gasteiger partial charge in [0.1, 0.15) is 0 Å². The van der Waals surface area contributed by atoms with Crippen molar-refractivity contribution in [3.05, 3.63) is 29.8 Å². The molecule has 1 saturated carbocycles. The number of rotatable bonds is 3. The van der Waals surface area contributed by atoms with Crippen molar-refractivity contribution in [2.45, 2.75) is 38.2 Å². The summed E-state index contributed by atoms with van der Waals surface area (Å²) in [5, 5.41) is 20.1. The fourth-order valence-electron chi connectivity index (χ4n) is 2.90. The first kappa shape index (κ1) is 13.9. The SMILES string of the molecule is CN(C)c1ccc(C(O)C2(C#N)CCCCC2)cc1. The molecule has 1 N–H and O–H groups in total. The molecule has 0 spiro atoms. The highest BCUT2D eigenvalue weighted by Gasteiger charge is 2.40. The molecule has 0 amide bonds. The van der Waals surface area contributed by atoms with E-state index in [0.717, 1.165) is 36.9 Å². The molecule has 1 aromatic rings. The smallest absolute Gasteiger partial charge is 0.0976 e. The fourth-order valence-corrected chi connectivity index (χ4v) is 2.90. The maximum Gasteiger partial charge on any atom is 0.0976 e. The Kier molecular flexibility index (Phi) is 4.11. The third kappa shape index (κ3) is 2.74. The number of nitrogens with zero attached hydrogens (tertiary/aromatic N) is 2. The minimum absolute atomic E-state index is 0.585. The highest BCUT2D eigenvalue weighted by molar-refractivity contribution is 5.46. The van der Waals surface area contributed by atoms with Crippen LogP contribution in [0.3, 0.4) is 0 Å². The first-order valence-electron chi connectivity index (χ1n) is 6.96. The average Bonchev–Trinajstić information content (AvgIpc) is 2.47. The zero-order valence-electron chi connectivity index (χ0n) is 11.8. The van der Waals surface area contributed by atoms with Crippen LogP contribution in [0.4, 0.5) is 5.69 Å². The van der Waals surface area contributed by atoms with E-state index >= 15 is 0 Å². The first-order valence-corrected chi connectivity index (χ1v) is 6.96. The molecule has 0 aromatic heterocycles. The van der Waals surface area contributed by atoms with Crippen molar-refractivity contribution in [2.24, 2.45) is 5.41 Å². The van der Waals surface area contributed by atoms with Crippen molar-refractivity contribution in [2.75, 3.05) is 19.0 Å². The number of aliphatic hydroxyl groups excluding tert-OH is 1. The number of aliphatic hydroxyl groups is 1. The highest BCUT2D eigenvalue weighted by atomic mass is 16.3. The van der Waals surface area contributed by atoms with E-state index in [-0.39, 0.29) is 0 Å². The predicted molar refractivity (Wildman–Crippen MR) is 76.9 cm³/mol. The van der Waals surface area contributed by atoms with Gasteiger partial charge in [-0.05, 0) is 30.5 Å². The standard InChI is InChI=1S/C16H22N2O/c1-18(2)14-8-6-13(7-9-14)15(19)16(12-17)10-4-3-5-11-16/h6-9,15,19H,3-5,10-11H2,1-2H3. The van der Waals surface area contributed by atoms with Gasteiger partial charge in [-0.3, -0.25) is 0 Å². The topological polar surface area (TPSA) is 47.3 Å². The minimum atomic E-state index is -0.672. The Bertz CT molecular complexity index is 453. The number of benzene rings is 1. The Hall–Kier alpha value is -1.53. The lowest BCUT2D eigenvalue weighted by Gasteiger charge is -2.35. The number of hydrogen-bond donors (Lipinski definition) is 1. The second kappa shape index (κ2) is 5.63. The Balaban J connectivity index is 2.22. The summed E-state index contributed by atoms with van der Waals surface area (Å²) < 4.78 is 0. The molecule has 0 aliphatic heterocycles. The summed E-state index contributed by atoms with van der Waals surface area (Å²) in [6, 6.07) is 10.3. The van der Waals surface area contributed by atoms with Gasteiger partial charge in [0.2, 0.25) is 0 Å². The van der Waals surface area contributed by atoms with Gasteiger partial charge in [-0.15, -0.1) is 0 Å². The van der Waals surface area contributed by atoms with Crippen LogP contribution < -0.4 is 4.90 Å². The summed E-state index contributed by atoms with van der Waals surface area (Å²) in [6.07, 6.45) is 4.20. The van der Waals surface area contributed by atoms with E-state index in [9.17, 15) is 10.4 Å². The van der Waals surface area contributed by atoms with Gasteiger partial charge in [-0.2, -0.15) is 5.26 Å². The van der Waals surface area contributed by atoms with Crippen LogP contribution in [-0.2, 0) is 0 Å². The minimum Gasteiger partial charge on any atom is -0.387 e. The van der Waals surface area contributed by atoms with Crippen LogP contribution in [0.2, 0.25) is 0 Å². The van der Waals surface area contributed by atoms with Gasteiger partial charge >= 0.3 is 0 Å². The Labute approximate surface area is 115 Å². The second-order valence-electron chi connectivity index (χ2n) is 5.72. The summed E-state index contributed by atoms with van der Waals surface area (Å²) in [4.78, 5) is 2.02. The van der Waals surface area contributed by atoms with E-state index < -0.39 is 11.5 Å². The zero-order chi connectivity index (χ0) is 13.9. The van der Waals surface area contributed by atoms with Crippen LogP contribution in [0.15, 0.2) is 24.3 Å². The largest absolute Gasteiger partial charge is 0.387 e. The molecule has 1 aliphatic carbocycles. The van der Waals surface area contributed by atoms with Crippen molar-refractivity contribution in [1.29, 1.82) is 5.26 Å². The number of hydrogen-bond acceptors (Lipinski definition) is 3. The normalized spacial score (nSPS) is 19.5. The molecule has 3 heteroatoms. The third-order valence-corrected chi connectivity index (χ3v) is 4.22. The molecule has 19 heavy (non-hydrogen) atoms. The quantitative estimate of drug-likeness (QED) is 0.905. The lowest BCUT2D eigenvalue weighted by atomic mass is 9.69. The Morgan fingerprint density at radius 1 is 1.16 bits per heavy atom. The van der Waals surface area contributed by atoms with Crippen LogP contribution in [0.25, 0.3) is 0 Å². The van der Waals surface area contributed by atoms with Crippen molar-refractivity contribution >= 4 is 5.69 Å². The van der Waals surface area contributed by atoms with Gasteiger partial charge in [0.15, 0.2) is 0 Å². The molecule has 0 saturated heterocycles. The number of anilines is 1. The van der Waals surface area contributed by atoms with Crippen molar-refractivity contribution in [3.63, 3.8) is 0 Å². The molecule has 1 fully saturated rings. The first-order chi connectivity index (χ1) is 9.09. The maximum atomic E-state index is 10.6. The third-order valence-electron chi connectivity index (χ3n) is 4.22. The summed E-state index contributed by atoms with van der Waals surface area (Å²) in [6.45, 7) is 0. The van der Waals surface area contributed by atoms with E-state index in [1.807, 2.05) is 43.3 Å². The molecule has 0 radical (unpaired) electrons. The molecular weight excluding hydrogens is 236 g/mol. The fraction of sp³-hybridized carbons (Fsp3) is 0.562. The molecular formula is C16H22N2O. The molecule has 1 atom stereocenters. The van der Waals surface area contributed by atoms with Crippen molar-refractivity contribution < 1.29 is 5.11 Å². The molecule has 1 unspecified atom stereocenters. The number of nitriles is 1. The van der Waals surface area contributed by atoms with Crippen molar-refractivity contribution in [1.82, 2.24) is 0 Å². The Morgan fingerprint density at radius 2 is 1.74 bits per heavy atom. The monoisotopic (exact) mass is 258 g/mol. The Morgan fingerprint density at radius 3 is 2.21 bits per heavy atom. The summed E-state index contributed by atoms with van der Waals surface area (Å²) >= 11 is 0. The molecule has 0 bridgehead atoms. The summed E-state index contributed by atoms with van der Waals surface area (Å²) in [5.41, 5.74) is 1.37. The van der Waals surface area contributed by atoms with E-state index in [1.54, 1.807) is 0 Å². The highest BCUT2D eigenvalue weighted by Crippen LogP contribution is 2.45. The van der Waals surface area contributed by atoms with Crippen molar-refractivity contribution in [3.8, 4) is 6.07 Å². The molecule has 3 nitrogen and oxygen atoms in total. The summed E-state index contributed by atoms with van der Waals surface area (Å²) in [5.74, 6) is 0. The lowest BCUT2D eigenvalue weighted by Crippen LogP contribution is -2.30. The van der Waals surface area contributed by atoms with Crippen LogP contribution in [0.1, 0.15) is 43.8 Å². The van der Waals surface area contributed by atoms with E-state index in [4.69, 9.17) is 0 Å². The average molecular weight is 258 g/mol. The molecule has 102 valence electrons. The predicted octanol–water partition coefficient (Wildman–Crippen LogP) is 3.26. The summed E-state index contributed by atoms with van der Waals surface area (Å²) in [7, 11) is 3.98. The zero-order valence-corrected chi connectivity index (χ0v) is 11.8. The van der Waals surface area contributed by atoms with Gasteiger partial charge in [-0.1, -0.05) is 31.4 Å². The van der Waals surface area contributed by atoms with E-state index in [2.05, 4.69) is 6.07 Å². The van der Waals surface area contributed by atoms with E-state index in [1.165, 1.54) is 6.42 Å². The van der Waals surface area contributed by atoms with Crippen LogP contribution in [0.5, 0.6) is 0 Å². The van der Waals surface area contributed by atoms with Crippen LogP contribution in [-0.4, -0.2) is 19.2 Å². The second-order valence-corrected chi connectivity index (χ2v) is 5.72. The van der Waals surface area contributed by atoms with Gasteiger partial charge in [0, 0.05) is 19.8 Å². The van der Waals surface area contributed by atoms with E-state index in [0.29, 0.717) is 0 Å². The molecule has 1 aliphatic rings. The van der Waals surface area contributed by atoms with Gasteiger partial charge in [-0.25, -0.2) is 0 Å². The van der Waals surface area contributed by atoms with Gasteiger partial charge in [0.25, 0.3) is 0 Å². The maximum absolute atomic E-state index is 10.6. The van der Waals surface area contributed by atoms with Gasteiger partial charge in [0.05, 0.1) is 17.6 Å². The van der Waals surface area contributed by atoms with Crippen LogP contribution in [0, 0.1) is 16.7 Å².